The van der Waals surface area contributed by atoms with Crippen LogP contribution in [-0.4, -0.2) is 38.7 Å². The van der Waals surface area contributed by atoms with Crippen LogP contribution < -0.4 is 10.6 Å². The Bertz CT molecular complexity index is 980. The molecule has 1 saturated carbocycles. The predicted octanol–water partition coefficient (Wildman–Crippen LogP) is 3.72. The molecule has 0 spiro atoms. The lowest BCUT2D eigenvalue weighted by Crippen LogP contribution is -2.38. The Kier molecular flexibility index (Phi) is 5.43. The zero-order chi connectivity index (χ0) is 19.5. The summed E-state index contributed by atoms with van der Waals surface area (Å²) >= 11 is 5.97. The van der Waals surface area contributed by atoms with Gasteiger partial charge in [0.05, 0.1) is 21.8 Å². The number of aromatic amines is 1. The lowest BCUT2D eigenvalue weighted by Gasteiger charge is -2.29. The molecule has 0 unspecified atom stereocenters. The Morgan fingerprint density at radius 3 is 2.93 bits per heavy atom. The van der Waals surface area contributed by atoms with Crippen LogP contribution in [0.2, 0.25) is 5.02 Å². The van der Waals surface area contributed by atoms with Crippen LogP contribution in [0.5, 0.6) is 0 Å². The first kappa shape index (κ1) is 18.7. The normalized spacial score (nSPS) is 19.5. The Hall–Kier alpha value is -2.67. The molecule has 1 amide bonds. The number of aryl methyl sites for hydroxylation is 1. The van der Waals surface area contributed by atoms with E-state index in [1.54, 1.807) is 18.5 Å². The number of hydrogen-bond acceptors (Lipinski definition) is 5. The lowest BCUT2D eigenvalue weighted by atomic mass is 9.86. The van der Waals surface area contributed by atoms with Gasteiger partial charge >= 0.3 is 0 Å². The van der Waals surface area contributed by atoms with Gasteiger partial charge in [-0.15, -0.1) is 0 Å². The molecule has 0 aliphatic heterocycles. The molecule has 0 aromatic carbocycles. The summed E-state index contributed by atoms with van der Waals surface area (Å²) in [6.07, 6.45) is 7.37. The zero-order valence-corrected chi connectivity index (χ0v) is 16.5. The van der Waals surface area contributed by atoms with Crippen molar-refractivity contribution in [2.24, 2.45) is 5.92 Å². The number of fused-ring (bicyclic) bond motifs is 1. The fraction of sp³-hybridized carbons (Fsp3) is 0.400. The van der Waals surface area contributed by atoms with Crippen LogP contribution in [-0.2, 0) is 0 Å². The number of pyridine rings is 2. The molecule has 3 aromatic heterocycles. The second-order valence-electron chi connectivity index (χ2n) is 7.33. The maximum absolute atomic E-state index is 12.5. The number of nitrogens with one attached hydrogen (secondary N) is 3. The first-order chi connectivity index (χ1) is 13.6. The molecule has 3 aromatic rings. The third-order valence-electron chi connectivity index (χ3n) is 5.36. The summed E-state index contributed by atoms with van der Waals surface area (Å²) in [6.45, 7) is 2.68. The highest BCUT2D eigenvalue weighted by molar-refractivity contribution is 6.30. The molecule has 1 aliphatic carbocycles. The standard InChI is InChI=1S/C20H23ClN6O/c1-12-16(9-14(21)11-23-12)20(28)25-15-6-4-13(5-7-15)10-24-19-18-17(26-27-19)3-2-8-22-18/h2-3,8-9,11,13,15H,4-7,10H2,1H3,(H,25,28)(H2,24,26,27)/t13-,15-. The van der Waals surface area contributed by atoms with E-state index >= 15 is 0 Å². The molecule has 4 rings (SSSR count). The molecule has 146 valence electrons. The molecule has 7 nitrogen and oxygen atoms in total. The summed E-state index contributed by atoms with van der Waals surface area (Å²) in [5.41, 5.74) is 3.05. The van der Waals surface area contributed by atoms with Crippen molar-refractivity contribution in [2.45, 2.75) is 38.6 Å². The predicted molar refractivity (Wildman–Crippen MR) is 110 cm³/mol. The fourth-order valence-electron chi connectivity index (χ4n) is 3.73. The van der Waals surface area contributed by atoms with Crippen LogP contribution >= 0.6 is 11.6 Å². The van der Waals surface area contributed by atoms with Crippen LogP contribution in [0.25, 0.3) is 11.0 Å². The summed E-state index contributed by atoms with van der Waals surface area (Å²) in [4.78, 5) is 21.1. The van der Waals surface area contributed by atoms with Crippen molar-refractivity contribution < 1.29 is 4.79 Å². The van der Waals surface area contributed by atoms with Crippen molar-refractivity contribution in [2.75, 3.05) is 11.9 Å². The van der Waals surface area contributed by atoms with Crippen LogP contribution in [0.4, 0.5) is 5.82 Å². The highest BCUT2D eigenvalue weighted by Crippen LogP contribution is 2.26. The van der Waals surface area contributed by atoms with Gasteiger partial charge in [-0.25, -0.2) is 0 Å². The zero-order valence-electron chi connectivity index (χ0n) is 15.7. The van der Waals surface area contributed by atoms with Gasteiger partial charge in [0.15, 0.2) is 5.82 Å². The molecule has 0 bridgehead atoms. The number of anilines is 1. The average molecular weight is 399 g/mol. The van der Waals surface area contributed by atoms with E-state index in [2.05, 4.69) is 30.8 Å². The Balaban J connectivity index is 1.27. The van der Waals surface area contributed by atoms with Gasteiger partial charge in [0.2, 0.25) is 0 Å². The van der Waals surface area contributed by atoms with Gasteiger partial charge < -0.3 is 10.6 Å². The molecule has 3 heterocycles. The molecule has 1 aliphatic rings. The van der Waals surface area contributed by atoms with E-state index in [1.807, 2.05) is 19.1 Å². The molecule has 28 heavy (non-hydrogen) atoms. The molecule has 1 fully saturated rings. The van der Waals surface area contributed by atoms with Gasteiger partial charge in [-0.3, -0.25) is 19.9 Å². The smallest absolute Gasteiger partial charge is 0.253 e. The van der Waals surface area contributed by atoms with Crippen LogP contribution in [0.1, 0.15) is 41.7 Å². The number of nitrogens with zero attached hydrogens (tertiary/aromatic N) is 3. The average Bonchev–Trinajstić information content (AvgIpc) is 3.12. The molecular formula is C20H23ClN6O. The minimum absolute atomic E-state index is 0.0943. The van der Waals surface area contributed by atoms with Crippen molar-refractivity contribution in [3.63, 3.8) is 0 Å². The quantitative estimate of drug-likeness (QED) is 0.608. The number of carbonyl (C=O) groups excluding carboxylic acids is 1. The second-order valence-corrected chi connectivity index (χ2v) is 7.77. The number of aromatic nitrogens is 4. The molecule has 0 radical (unpaired) electrons. The number of carbonyl (C=O) groups is 1. The van der Waals surface area contributed by atoms with Gasteiger partial charge in [-0.2, -0.15) is 5.10 Å². The minimum atomic E-state index is -0.0943. The van der Waals surface area contributed by atoms with Crippen molar-refractivity contribution in [1.29, 1.82) is 0 Å². The molecule has 3 N–H and O–H groups in total. The van der Waals surface area contributed by atoms with Crippen molar-refractivity contribution in [1.82, 2.24) is 25.5 Å². The van der Waals surface area contributed by atoms with E-state index in [4.69, 9.17) is 11.6 Å². The van der Waals surface area contributed by atoms with Crippen LogP contribution in [0.15, 0.2) is 30.6 Å². The van der Waals surface area contributed by atoms with Crippen molar-refractivity contribution in [3.05, 3.63) is 46.9 Å². The van der Waals surface area contributed by atoms with Crippen LogP contribution in [0.3, 0.4) is 0 Å². The summed E-state index contributed by atoms with van der Waals surface area (Å²) in [6, 6.07) is 5.72. The highest BCUT2D eigenvalue weighted by atomic mass is 35.5. The van der Waals surface area contributed by atoms with E-state index in [0.717, 1.165) is 49.1 Å². The van der Waals surface area contributed by atoms with Gasteiger partial charge in [0.1, 0.15) is 5.52 Å². The van der Waals surface area contributed by atoms with Gasteiger partial charge in [-0.1, -0.05) is 11.6 Å². The van der Waals surface area contributed by atoms with Gasteiger partial charge in [0.25, 0.3) is 5.91 Å². The third-order valence-corrected chi connectivity index (χ3v) is 5.57. The van der Waals surface area contributed by atoms with E-state index in [1.165, 1.54) is 0 Å². The largest absolute Gasteiger partial charge is 0.367 e. The van der Waals surface area contributed by atoms with Gasteiger partial charge in [-0.05, 0) is 56.7 Å². The minimum Gasteiger partial charge on any atom is -0.367 e. The third kappa shape index (κ3) is 4.09. The molecule has 0 atom stereocenters. The fourth-order valence-corrected chi connectivity index (χ4v) is 3.89. The Morgan fingerprint density at radius 2 is 2.11 bits per heavy atom. The lowest BCUT2D eigenvalue weighted by molar-refractivity contribution is 0.0921. The Labute approximate surface area is 168 Å². The first-order valence-electron chi connectivity index (χ1n) is 9.56. The summed E-state index contributed by atoms with van der Waals surface area (Å²) in [5, 5.41) is 14.3. The maximum atomic E-state index is 12.5. The van der Waals surface area contributed by atoms with E-state index in [0.29, 0.717) is 22.2 Å². The van der Waals surface area contributed by atoms with Crippen molar-refractivity contribution >= 4 is 34.4 Å². The summed E-state index contributed by atoms with van der Waals surface area (Å²) in [5.74, 6) is 1.26. The molecule has 8 heteroatoms. The van der Waals surface area contributed by atoms with Crippen LogP contribution in [0, 0.1) is 12.8 Å². The monoisotopic (exact) mass is 398 g/mol. The number of H-pyrrole nitrogens is 1. The van der Waals surface area contributed by atoms with Gasteiger partial charge in [0, 0.05) is 25.0 Å². The second kappa shape index (κ2) is 8.14. The number of rotatable bonds is 5. The van der Waals surface area contributed by atoms with E-state index in [-0.39, 0.29) is 11.9 Å². The maximum Gasteiger partial charge on any atom is 0.253 e. The number of amides is 1. The van der Waals surface area contributed by atoms with E-state index in [9.17, 15) is 4.79 Å². The number of hydrogen-bond donors (Lipinski definition) is 3. The van der Waals surface area contributed by atoms with Crippen molar-refractivity contribution in [3.8, 4) is 0 Å². The Morgan fingerprint density at radius 1 is 1.29 bits per heavy atom. The highest BCUT2D eigenvalue weighted by Gasteiger charge is 2.24. The number of halogens is 1. The summed E-state index contributed by atoms with van der Waals surface area (Å²) < 4.78 is 0. The molecular weight excluding hydrogens is 376 g/mol. The van der Waals surface area contributed by atoms with E-state index < -0.39 is 0 Å². The molecule has 0 saturated heterocycles. The summed E-state index contributed by atoms with van der Waals surface area (Å²) in [7, 11) is 0. The first-order valence-corrected chi connectivity index (χ1v) is 9.94. The topological polar surface area (TPSA) is 95.6 Å². The SMILES string of the molecule is Cc1ncc(Cl)cc1C(=O)N[C@H]1CC[C@H](CNc2n[nH]c3cccnc23)CC1.